The molecule has 11 heteroatoms. The maximum absolute atomic E-state index is 13.2. The van der Waals surface area contributed by atoms with Gasteiger partial charge in [-0.05, 0) is 67.1 Å². The van der Waals surface area contributed by atoms with Crippen molar-refractivity contribution >= 4 is 39.2 Å². The van der Waals surface area contributed by atoms with Crippen molar-refractivity contribution in [2.24, 2.45) is 0 Å². The Kier molecular flexibility index (Phi) is 9.23. The van der Waals surface area contributed by atoms with E-state index in [4.69, 9.17) is 9.72 Å². The molecular weight excluding hydrogens is 595 g/mol. The van der Waals surface area contributed by atoms with Crippen LogP contribution < -0.4 is 14.8 Å². The van der Waals surface area contributed by atoms with Gasteiger partial charge < -0.3 is 10.1 Å². The van der Waals surface area contributed by atoms with Gasteiger partial charge in [0.1, 0.15) is 22.7 Å². The van der Waals surface area contributed by atoms with Crippen LogP contribution in [0.5, 0.6) is 5.75 Å². The highest BCUT2D eigenvalue weighted by atomic mass is 32.2. The fraction of sp³-hybridized carbons (Fsp3) is 0.0909. The molecule has 2 aromatic heterocycles. The molecule has 0 bridgehead atoms. The molecular formula is C33H27N5O4S2. The summed E-state index contributed by atoms with van der Waals surface area (Å²) < 4.78 is 33.1. The Bertz CT molecular complexity index is 1910. The predicted octanol–water partition coefficient (Wildman–Crippen LogP) is 6.61. The van der Waals surface area contributed by atoms with E-state index in [0.717, 1.165) is 11.1 Å². The predicted molar refractivity (Wildman–Crippen MR) is 172 cm³/mol. The average Bonchev–Trinajstić information content (AvgIpc) is 3.05. The van der Waals surface area contributed by atoms with Gasteiger partial charge in [-0.3, -0.25) is 9.52 Å². The molecule has 2 heterocycles. The molecule has 3 aromatic carbocycles. The van der Waals surface area contributed by atoms with Gasteiger partial charge in [0.2, 0.25) is 5.91 Å². The van der Waals surface area contributed by atoms with E-state index in [-0.39, 0.29) is 16.6 Å². The molecule has 2 N–H and O–H groups in total. The van der Waals surface area contributed by atoms with Crippen LogP contribution in [0, 0.1) is 11.3 Å². The topological polar surface area (TPSA) is 134 Å². The number of carbonyl (C=O) groups excluding carboxylic acids is 1. The normalized spacial score (nSPS) is 11.7. The smallest absolute Gasteiger partial charge is 0.263 e. The number of ether oxygens (including phenoxy) is 1. The number of benzene rings is 3. The summed E-state index contributed by atoms with van der Waals surface area (Å²) in [6, 6.07) is 31.9. The zero-order valence-corrected chi connectivity index (χ0v) is 25.4. The second-order valence-electron chi connectivity index (χ2n) is 9.54. The van der Waals surface area contributed by atoms with Crippen LogP contribution in [0.1, 0.15) is 12.5 Å². The maximum Gasteiger partial charge on any atom is 0.263 e. The fourth-order valence-electron chi connectivity index (χ4n) is 4.27. The second-order valence-corrected chi connectivity index (χ2v) is 12.5. The molecule has 0 aliphatic heterocycles. The first-order chi connectivity index (χ1) is 21.3. The summed E-state index contributed by atoms with van der Waals surface area (Å²) in [6.45, 7) is 1.72. The van der Waals surface area contributed by atoms with Crippen molar-refractivity contribution in [3.63, 3.8) is 0 Å². The third-order valence-corrected chi connectivity index (χ3v) is 9.02. The van der Waals surface area contributed by atoms with Crippen LogP contribution in [0.3, 0.4) is 0 Å². The molecule has 0 saturated carbocycles. The molecule has 0 radical (unpaired) electrons. The van der Waals surface area contributed by atoms with E-state index in [2.05, 4.69) is 21.1 Å². The number of aromatic nitrogens is 2. The molecule has 5 rings (SSSR count). The van der Waals surface area contributed by atoms with Gasteiger partial charge in [0.05, 0.1) is 28.5 Å². The minimum atomic E-state index is -3.86. The summed E-state index contributed by atoms with van der Waals surface area (Å²) in [7, 11) is -2.27. The Morgan fingerprint density at radius 1 is 0.932 bits per heavy atom. The van der Waals surface area contributed by atoms with Gasteiger partial charge in [0, 0.05) is 23.0 Å². The van der Waals surface area contributed by atoms with Crippen molar-refractivity contribution in [1.29, 1.82) is 5.26 Å². The van der Waals surface area contributed by atoms with Crippen molar-refractivity contribution in [3.05, 3.63) is 115 Å². The summed E-state index contributed by atoms with van der Waals surface area (Å²) in [4.78, 5) is 22.0. The first-order valence-corrected chi connectivity index (χ1v) is 15.8. The average molecular weight is 622 g/mol. The molecule has 5 aromatic rings. The van der Waals surface area contributed by atoms with Gasteiger partial charge in [-0.25, -0.2) is 18.4 Å². The number of hydrogen-bond donors (Lipinski definition) is 2. The lowest BCUT2D eigenvalue weighted by atomic mass is 9.99. The first kappa shape index (κ1) is 30.3. The summed E-state index contributed by atoms with van der Waals surface area (Å²) in [5.41, 5.74) is 3.82. The monoisotopic (exact) mass is 621 g/mol. The fourth-order valence-corrected chi connectivity index (χ4v) is 6.21. The van der Waals surface area contributed by atoms with Gasteiger partial charge >= 0.3 is 0 Å². The van der Waals surface area contributed by atoms with E-state index in [9.17, 15) is 18.5 Å². The molecule has 0 aliphatic rings. The maximum atomic E-state index is 13.2. The zero-order valence-electron chi connectivity index (χ0n) is 23.8. The molecule has 44 heavy (non-hydrogen) atoms. The van der Waals surface area contributed by atoms with Crippen LogP contribution >= 0.6 is 11.8 Å². The molecule has 1 unspecified atom stereocenters. The lowest BCUT2D eigenvalue weighted by molar-refractivity contribution is -0.115. The number of rotatable bonds is 10. The van der Waals surface area contributed by atoms with Gasteiger partial charge in [-0.1, -0.05) is 60.3 Å². The third-order valence-electron chi connectivity index (χ3n) is 6.56. The highest BCUT2D eigenvalue weighted by Crippen LogP contribution is 2.36. The number of nitrogens with zero attached hydrogens (tertiary/aromatic N) is 3. The van der Waals surface area contributed by atoms with E-state index >= 15 is 0 Å². The van der Waals surface area contributed by atoms with Gasteiger partial charge in [-0.15, -0.1) is 0 Å². The Balaban J connectivity index is 1.38. The number of pyridine rings is 2. The van der Waals surface area contributed by atoms with Crippen molar-refractivity contribution in [1.82, 2.24) is 9.97 Å². The summed E-state index contributed by atoms with van der Waals surface area (Å²) in [5, 5.41) is 12.8. The summed E-state index contributed by atoms with van der Waals surface area (Å²) in [5.74, 6) is 0.561. The number of nitrogens with one attached hydrogen (secondary N) is 2. The third kappa shape index (κ3) is 7.06. The highest BCUT2D eigenvalue weighted by Gasteiger charge is 2.22. The van der Waals surface area contributed by atoms with Crippen molar-refractivity contribution in [2.45, 2.75) is 22.1 Å². The zero-order chi connectivity index (χ0) is 31.1. The number of nitriles is 1. The Hall–Kier alpha value is -5.18. The van der Waals surface area contributed by atoms with Gasteiger partial charge in [-0.2, -0.15) is 5.26 Å². The number of amides is 1. The standard InChI is InChI=1S/C33H27N5O4S2/c1-22(32(39)36-25-13-17-27(18-14-25)44(40,41)38-31-10-6-7-19-35-31)43-33-29(21-34)28(23-11-15-26(42-2)16-12-23)20-30(37-33)24-8-4-3-5-9-24/h3-20,22H,1-2H3,(H,35,38)(H,36,39). The quantitative estimate of drug-likeness (QED) is 0.166. The van der Waals surface area contributed by atoms with Gasteiger partial charge in [0.15, 0.2) is 0 Å². The molecule has 1 atom stereocenters. The highest BCUT2D eigenvalue weighted by molar-refractivity contribution is 8.00. The van der Waals surface area contributed by atoms with Gasteiger partial charge in [0.25, 0.3) is 10.0 Å². The number of hydrogen-bond acceptors (Lipinski definition) is 8. The van der Waals surface area contributed by atoms with E-state index in [1.165, 1.54) is 42.2 Å². The number of sulfonamides is 1. The molecule has 0 saturated heterocycles. The van der Waals surface area contributed by atoms with Crippen molar-refractivity contribution in [2.75, 3.05) is 17.1 Å². The summed E-state index contributed by atoms with van der Waals surface area (Å²) >= 11 is 1.17. The van der Waals surface area contributed by atoms with Crippen molar-refractivity contribution in [3.8, 4) is 34.2 Å². The minimum Gasteiger partial charge on any atom is -0.497 e. The van der Waals surface area contributed by atoms with E-state index in [0.29, 0.717) is 33.3 Å². The molecule has 0 fully saturated rings. The molecule has 9 nitrogen and oxygen atoms in total. The minimum absolute atomic E-state index is 0.0234. The second kappa shape index (κ2) is 13.4. The number of methoxy groups -OCH3 is 1. The molecule has 1 amide bonds. The lowest BCUT2D eigenvalue weighted by Gasteiger charge is -2.16. The largest absolute Gasteiger partial charge is 0.497 e. The number of anilines is 2. The molecule has 0 aliphatic carbocycles. The van der Waals surface area contributed by atoms with Crippen molar-refractivity contribution < 1.29 is 17.9 Å². The Morgan fingerprint density at radius 3 is 2.27 bits per heavy atom. The van der Waals surface area contributed by atoms with Crippen LogP contribution in [-0.2, 0) is 14.8 Å². The van der Waals surface area contributed by atoms with E-state index < -0.39 is 15.3 Å². The number of thioether (sulfide) groups is 1. The van der Waals surface area contributed by atoms with Crippen LogP contribution in [0.25, 0.3) is 22.4 Å². The Morgan fingerprint density at radius 2 is 1.64 bits per heavy atom. The first-order valence-electron chi connectivity index (χ1n) is 13.4. The van der Waals surface area contributed by atoms with Crippen LogP contribution in [0.4, 0.5) is 11.5 Å². The summed E-state index contributed by atoms with van der Waals surface area (Å²) in [6.07, 6.45) is 1.49. The van der Waals surface area contributed by atoms with Crippen LogP contribution in [-0.4, -0.2) is 36.7 Å². The molecule has 0 spiro atoms. The number of carbonyl (C=O) groups is 1. The molecule has 220 valence electrons. The van der Waals surface area contributed by atoms with E-state index in [1.54, 1.807) is 32.2 Å². The van der Waals surface area contributed by atoms with E-state index in [1.807, 2.05) is 60.7 Å². The lowest BCUT2D eigenvalue weighted by Crippen LogP contribution is -2.22. The SMILES string of the molecule is COc1ccc(-c2cc(-c3ccccc3)nc(SC(C)C(=O)Nc3ccc(S(=O)(=O)Nc4ccccn4)cc3)c2C#N)cc1. The van der Waals surface area contributed by atoms with Crippen LogP contribution in [0.15, 0.2) is 119 Å². The van der Waals surface area contributed by atoms with Crippen LogP contribution in [0.2, 0.25) is 0 Å². The Labute approximate surface area is 260 Å².